The second-order valence-electron chi connectivity index (χ2n) is 4.84. The molecule has 0 spiro atoms. The molecule has 1 N–H and O–H groups in total. The number of rotatable bonds is 7. The normalized spacial score (nSPS) is 10.8. The first-order chi connectivity index (χ1) is 10.2. The average Bonchev–Trinajstić information content (AvgIpc) is 2.96. The minimum atomic E-state index is -0.112. The summed E-state index contributed by atoms with van der Waals surface area (Å²) in [6, 6.07) is 9.17. The standard InChI is InChI=1S/C16H22N4O/c1-3-19(4-2)10-11-20-13-15(12-17-20)18-16(21)14-8-6-5-7-9-14/h5-9,12-13H,3-4,10-11H2,1-2H3,(H,18,21). The van der Waals surface area contributed by atoms with Gasteiger partial charge in [-0.05, 0) is 25.2 Å². The topological polar surface area (TPSA) is 50.2 Å². The van der Waals surface area contributed by atoms with Crippen LogP contribution >= 0.6 is 0 Å². The molecule has 1 aromatic heterocycles. The number of nitrogens with zero attached hydrogens (tertiary/aromatic N) is 3. The van der Waals surface area contributed by atoms with E-state index >= 15 is 0 Å². The molecule has 112 valence electrons. The first-order valence-electron chi connectivity index (χ1n) is 7.34. The number of amides is 1. The van der Waals surface area contributed by atoms with Crippen molar-refractivity contribution in [1.82, 2.24) is 14.7 Å². The van der Waals surface area contributed by atoms with Gasteiger partial charge in [-0.2, -0.15) is 5.10 Å². The molecule has 1 aromatic carbocycles. The number of carbonyl (C=O) groups is 1. The fourth-order valence-electron chi connectivity index (χ4n) is 2.13. The molecule has 0 aliphatic rings. The molecule has 1 amide bonds. The Balaban J connectivity index is 1.90. The van der Waals surface area contributed by atoms with Crippen molar-refractivity contribution in [3.8, 4) is 0 Å². The molecule has 0 saturated heterocycles. The molecular formula is C16H22N4O. The monoisotopic (exact) mass is 286 g/mol. The van der Waals surface area contributed by atoms with Crippen LogP contribution in [0, 0.1) is 0 Å². The largest absolute Gasteiger partial charge is 0.319 e. The third-order valence-electron chi connectivity index (χ3n) is 3.47. The highest BCUT2D eigenvalue weighted by Gasteiger charge is 2.07. The van der Waals surface area contributed by atoms with E-state index in [-0.39, 0.29) is 5.91 Å². The number of hydrogen-bond donors (Lipinski definition) is 1. The lowest BCUT2D eigenvalue weighted by Gasteiger charge is -2.17. The van der Waals surface area contributed by atoms with Crippen molar-refractivity contribution >= 4 is 11.6 Å². The van der Waals surface area contributed by atoms with Gasteiger partial charge in [-0.15, -0.1) is 0 Å². The number of anilines is 1. The van der Waals surface area contributed by atoms with E-state index in [9.17, 15) is 4.79 Å². The summed E-state index contributed by atoms with van der Waals surface area (Å²) in [4.78, 5) is 14.4. The van der Waals surface area contributed by atoms with Gasteiger partial charge in [0.25, 0.3) is 5.91 Å². The second-order valence-corrected chi connectivity index (χ2v) is 4.84. The van der Waals surface area contributed by atoms with E-state index in [4.69, 9.17) is 0 Å². The van der Waals surface area contributed by atoms with Crippen molar-refractivity contribution in [2.75, 3.05) is 25.0 Å². The summed E-state index contributed by atoms with van der Waals surface area (Å²) in [5, 5.41) is 7.14. The maximum Gasteiger partial charge on any atom is 0.255 e. The van der Waals surface area contributed by atoms with Gasteiger partial charge in [0.1, 0.15) is 0 Å². The Hall–Kier alpha value is -2.14. The fourth-order valence-corrected chi connectivity index (χ4v) is 2.13. The second kappa shape index (κ2) is 7.59. The highest BCUT2D eigenvalue weighted by molar-refractivity contribution is 6.04. The molecule has 2 aromatic rings. The molecule has 5 heteroatoms. The molecule has 0 radical (unpaired) electrons. The van der Waals surface area contributed by atoms with E-state index in [1.165, 1.54) is 0 Å². The summed E-state index contributed by atoms with van der Waals surface area (Å²) in [6.45, 7) is 8.16. The van der Waals surface area contributed by atoms with E-state index in [1.807, 2.05) is 29.1 Å². The lowest BCUT2D eigenvalue weighted by molar-refractivity contribution is 0.102. The SMILES string of the molecule is CCN(CC)CCn1cc(NC(=O)c2ccccc2)cn1. The van der Waals surface area contributed by atoms with E-state index in [2.05, 4.69) is 29.2 Å². The van der Waals surface area contributed by atoms with Crippen molar-refractivity contribution in [2.24, 2.45) is 0 Å². The molecule has 0 atom stereocenters. The van der Waals surface area contributed by atoms with Crippen LogP contribution in [-0.4, -0.2) is 40.2 Å². The Morgan fingerprint density at radius 3 is 2.62 bits per heavy atom. The van der Waals surface area contributed by atoms with Crippen LogP contribution in [0.4, 0.5) is 5.69 Å². The van der Waals surface area contributed by atoms with Gasteiger partial charge in [-0.25, -0.2) is 0 Å². The van der Waals surface area contributed by atoms with E-state index in [0.717, 1.165) is 31.9 Å². The van der Waals surface area contributed by atoms with Gasteiger partial charge in [-0.1, -0.05) is 32.0 Å². The quantitative estimate of drug-likeness (QED) is 0.850. The number of nitrogens with one attached hydrogen (secondary N) is 1. The van der Waals surface area contributed by atoms with Crippen molar-refractivity contribution in [3.05, 3.63) is 48.3 Å². The van der Waals surface area contributed by atoms with Crippen molar-refractivity contribution < 1.29 is 4.79 Å². The Morgan fingerprint density at radius 2 is 1.95 bits per heavy atom. The van der Waals surface area contributed by atoms with Gasteiger partial charge in [0.15, 0.2) is 0 Å². The number of benzene rings is 1. The minimum absolute atomic E-state index is 0.112. The maximum atomic E-state index is 12.0. The Bertz CT molecular complexity index is 561. The third kappa shape index (κ3) is 4.43. The van der Waals surface area contributed by atoms with Gasteiger partial charge in [-0.3, -0.25) is 9.48 Å². The van der Waals surface area contributed by atoms with Gasteiger partial charge in [0.2, 0.25) is 0 Å². The maximum absolute atomic E-state index is 12.0. The van der Waals surface area contributed by atoms with Crippen LogP contribution in [0.3, 0.4) is 0 Å². The zero-order chi connectivity index (χ0) is 15.1. The predicted molar refractivity (Wildman–Crippen MR) is 84.4 cm³/mol. The van der Waals surface area contributed by atoms with Crippen LogP contribution in [-0.2, 0) is 6.54 Å². The summed E-state index contributed by atoms with van der Waals surface area (Å²) >= 11 is 0. The first kappa shape index (κ1) is 15.3. The summed E-state index contributed by atoms with van der Waals surface area (Å²) in [6.07, 6.45) is 3.55. The number of carbonyl (C=O) groups excluding carboxylic acids is 1. The lowest BCUT2D eigenvalue weighted by Crippen LogP contribution is -2.27. The van der Waals surface area contributed by atoms with Gasteiger partial charge < -0.3 is 10.2 Å². The van der Waals surface area contributed by atoms with Crippen LogP contribution in [0.1, 0.15) is 24.2 Å². The molecule has 0 aliphatic heterocycles. The van der Waals surface area contributed by atoms with Gasteiger partial charge in [0, 0.05) is 18.3 Å². The van der Waals surface area contributed by atoms with Crippen molar-refractivity contribution in [2.45, 2.75) is 20.4 Å². The fraction of sp³-hybridized carbons (Fsp3) is 0.375. The molecule has 21 heavy (non-hydrogen) atoms. The van der Waals surface area contributed by atoms with E-state index < -0.39 is 0 Å². The van der Waals surface area contributed by atoms with Gasteiger partial charge in [0.05, 0.1) is 18.4 Å². The molecule has 2 rings (SSSR count). The summed E-state index contributed by atoms with van der Waals surface area (Å²) < 4.78 is 1.86. The van der Waals surface area contributed by atoms with Crippen LogP contribution in [0.5, 0.6) is 0 Å². The molecule has 0 bridgehead atoms. The zero-order valence-electron chi connectivity index (χ0n) is 12.6. The highest BCUT2D eigenvalue weighted by atomic mass is 16.1. The Morgan fingerprint density at radius 1 is 1.24 bits per heavy atom. The summed E-state index contributed by atoms with van der Waals surface area (Å²) in [5.74, 6) is -0.112. The van der Waals surface area contributed by atoms with Crippen molar-refractivity contribution in [3.63, 3.8) is 0 Å². The molecule has 0 fully saturated rings. The number of hydrogen-bond acceptors (Lipinski definition) is 3. The lowest BCUT2D eigenvalue weighted by atomic mass is 10.2. The Labute approximate surface area is 125 Å². The zero-order valence-corrected chi connectivity index (χ0v) is 12.6. The molecule has 0 saturated carbocycles. The van der Waals surface area contributed by atoms with Crippen LogP contribution in [0.2, 0.25) is 0 Å². The average molecular weight is 286 g/mol. The molecular weight excluding hydrogens is 264 g/mol. The van der Waals surface area contributed by atoms with Crippen LogP contribution in [0.15, 0.2) is 42.7 Å². The van der Waals surface area contributed by atoms with E-state index in [1.54, 1.807) is 18.3 Å². The summed E-state index contributed by atoms with van der Waals surface area (Å²) in [7, 11) is 0. The van der Waals surface area contributed by atoms with Crippen LogP contribution in [0.25, 0.3) is 0 Å². The van der Waals surface area contributed by atoms with Crippen molar-refractivity contribution in [1.29, 1.82) is 0 Å². The molecule has 0 unspecified atom stereocenters. The molecule has 1 heterocycles. The number of aromatic nitrogens is 2. The summed E-state index contributed by atoms with van der Waals surface area (Å²) in [5.41, 5.74) is 1.37. The smallest absolute Gasteiger partial charge is 0.255 e. The first-order valence-corrected chi connectivity index (χ1v) is 7.34. The molecule has 0 aliphatic carbocycles. The Kier molecular flexibility index (Phi) is 5.51. The molecule has 5 nitrogen and oxygen atoms in total. The van der Waals surface area contributed by atoms with Crippen LogP contribution < -0.4 is 5.32 Å². The minimum Gasteiger partial charge on any atom is -0.319 e. The number of likely N-dealkylation sites (N-methyl/N-ethyl adjacent to an activating group) is 1. The van der Waals surface area contributed by atoms with E-state index in [0.29, 0.717) is 5.56 Å². The third-order valence-corrected chi connectivity index (χ3v) is 3.47. The highest BCUT2D eigenvalue weighted by Crippen LogP contribution is 2.08. The van der Waals surface area contributed by atoms with Gasteiger partial charge >= 0.3 is 0 Å². The predicted octanol–water partition coefficient (Wildman–Crippen LogP) is 2.48.